The van der Waals surface area contributed by atoms with Gasteiger partial charge in [0.2, 0.25) is 0 Å². The molecular weight excluding hydrogens is 396 g/mol. The molecule has 1 aliphatic rings. The van der Waals surface area contributed by atoms with E-state index in [1.54, 1.807) is 12.1 Å². The number of benzene rings is 2. The number of esters is 2. The molecule has 0 saturated heterocycles. The number of methoxy groups -OCH3 is 2. The highest BCUT2D eigenvalue weighted by atomic mass is 16.6. The normalized spacial score (nSPS) is 17.7. The molecule has 2 atom stereocenters. The molecule has 0 radical (unpaired) electrons. The molecular formula is C21H16O9. The van der Waals surface area contributed by atoms with E-state index < -0.39 is 29.8 Å². The van der Waals surface area contributed by atoms with E-state index in [2.05, 4.69) is 4.74 Å². The van der Waals surface area contributed by atoms with E-state index in [0.29, 0.717) is 16.7 Å². The minimum atomic E-state index is -0.904. The molecule has 1 N–H and O–H groups in total. The molecule has 2 heterocycles. The largest absolute Gasteiger partial charge is 0.519 e. The number of hydrogen-bond donors (Lipinski definition) is 1. The molecule has 0 spiro atoms. The van der Waals surface area contributed by atoms with Crippen LogP contribution in [0.4, 0.5) is 0 Å². The van der Waals surface area contributed by atoms with Crippen LogP contribution >= 0.6 is 0 Å². The molecule has 0 unspecified atom stereocenters. The SMILES string of the molecule is COC(=O)/C=C/c1cc(O)c2c(c1)[C@@H](C(=O)OC)[C@H](c1ccc3oc(=O)oc3c1)O2. The molecule has 9 heteroatoms. The summed E-state index contributed by atoms with van der Waals surface area (Å²) in [5.41, 5.74) is 1.83. The van der Waals surface area contributed by atoms with Crippen LogP contribution in [0.3, 0.4) is 0 Å². The molecule has 30 heavy (non-hydrogen) atoms. The molecule has 154 valence electrons. The van der Waals surface area contributed by atoms with E-state index in [9.17, 15) is 19.5 Å². The summed E-state index contributed by atoms with van der Waals surface area (Å²) in [4.78, 5) is 35.3. The maximum Gasteiger partial charge on any atom is 0.519 e. The number of aromatic hydroxyl groups is 1. The number of carbonyl (C=O) groups excluding carboxylic acids is 2. The van der Waals surface area contributed by atoms with Gasteiger partial charge in [0.25, 0.3) is 0 Å². The van der Waals surface area contributed by atoms with E-state index in [4.69, 9.17) is 18.3 Å². The second-order valence-corrected chi connectivity index (χ2v) is 6.51. The molecule has 0 aliphatic carbocycles. The van der Waals surface area contributed by atoms with Crippen LogP contribution in [0.2, 0.25) is 0 Å². The number of ether oxygens (including phenoxy) is 3. The van der Waals surface area contributed by atoms with Crippen LogP contribution in [-0.2, 0) is 19.1 Å². The Morgan fingerprint density at radius 3 is 2.57 bits per heavy atom. The number of phenols is 1. The Hall–Kier alpha value is -4.01. The summed E-state index contributed by atoms with van der Waals surface area (Å²) >= 11 is 0. The van der Waals surface area contributed by atoms with Crippen LogP contribution in [0.15, 0.2) is 50.0 Å². The molecule has 4 rings (SSSR count). The smallest absolute Gasteiger partial charge is 0.504 e. The van der Waals surface area contributed by atoms with Crippen LogP contribution < -0.4 is 10.6 Å². The van der Waals surface area contributed by atoms with Crippen molar-refractivity contribution in [1.29, 1.82) is 0 Å². The Morgan fingerprint density at radius 2 is 1.83 bits per heavy atom. The third-order valence-corrected chi connectivity index (χ3v) is 4.75. The zero-order chi connectivity index (χ0) is 21.4. The van der Waals surface area contributed by atoms with Gasteiger partial charge in [-0.2, -0.15) is 0 Å². The van der Waals surface area contributed by atoms with Crippen molar-refractivity contribution in [3.05, 3.63) is 63.7 Å². The number of hydrogen-bond acceptors (Lipinski definition) is 9. The Kier molecular flexibility index (Phi) is 4.78. The van der Waals surface area contributed by atoms with Gasteiger partial charge in [0.1, 0.15) is 12.0 Å². The molecule has 0 amide bonds. The quantitative estimate of drug-likeness (QED) is 0.508. The molecule has 9 nitrogen and oxygen atoms in total. The van der Waals surface area contributed by atoms with Gasteiger partial charge < -0.3 is 28.2 Å². The summed E-state index contributed by atoms with van der Waals surface area (Å²) in [5.74, 6) is -2.98. The third-order valence-electron chi connectivity index (χ3n) is 4.75. The topological polar surface area (TPSA) is 125 Å². The molecule has 2 aromatic carbocycles. The van der Waals surface area contributed by atoms with Crippen molar-refractivity contribution in [1.82, 2.24) is 0 Å². The molecule has 1 aromatic heterocycles. The maximum atomic E-state index is 12.6. The first kappa shape index (κ1) is 19.3. The Labute approximate surface area is 169 Å². The first-order valence-electron chi connectivity index (χ1n) is 8.82. The Balaban J connectivity index is 1.79. The highest BCUT2D eigenvalue weighted by Crippen LogP contribution is 2.51. The van der Waals surface area contributed by atoms with Crippen LogP contribution in [-0.4, -0.2) is 31.3 Å². The van der Waals surface area contributed by atoms with Crippen molar-refractivity contribution in [3.63, 3.8) is 0 Å². The highest BCUT2D eigenvalue weighted by molar-refractivity contribution is 5.88. The van der Waals surface area contributed by atoms with Crippen molar-refractivity contribution < 1.29 is 37.7 Å². The van der Waals surface area contributed by atoms with E-state index in [0.717, 1.165) is 0 Å². The molecule has 0 fully saturated rings. The van der Waals surface area contributed by atoms with Gasteiger partial charge in [-0.1, -0.05) is 6.07 Å². The Morgan fingerprint density at radius 1 is 1.07 bits per heavy atom. The first-order valence-corrected chi connectivity index (χ1v) is 8.82. The van der Waals surface area contributed by atoms with E-state index in [1.165, 1.54) is 44.6 Å². The molecule has 0 saturated carbocycles. The third kappa shape index (κ3) is 3.30. The summed E-state index contributed by atoms with van der Waals surface area (Å²) in [6, 6.07) is 7.70. The lowest BCUT2D eigenvalue weighted by Crippen LogP contribution is -2.20. The predicted octanol–water partition coefficient (Wildman–Crippen LogP) is 2.67. The van der Waals surface area contributed by atoms with Gasteiger partial charge in [0.15, 0.2) is 22.7 Å². The number of fused-ring (bicyclic) bond motifs is 2. The fraction of sp³-hybridized carbons (Fsp3) is 0.190. The fourth-order valence-electron chi connectivity index (χ4n) is 3.41. The summed E-state index contributed by atoms with van der Waals surface area (Å²) in [7, 11) is 2.49. The van der Waals surface area contributed by atoms with Crippen molar-refractivity contribution in [2.24, 2.45) is 0 Å². The standard InChI is InChI=1S/C21H16O9/c1-26-16(23)6-3-10-7-12-17(20(24)27-2)18(30-19(12)13(22)8-10)11-4-5-14-15(9-11)29-21(25)28-14/h3-9,17-18,22H,1-2H3/b6-3+/t17-,18+/m1/s1. The zero-order valence-electron chi connectivity index (χ0n) is 15.9. The average molecular weight is 412 g/mol. The second-order valence-electron chi connectivity index (χ2n) is 6.51. The lowest BCUT2D eigenvalue weighted by atomic mass is 9.90. The van der Waals surface area contributed by atoms with Crippen LogP contribution in [0.5, 0.6) is 11.5 Å². The van der Waals surface area contributed by atoms with Crippen LogP contribution in [0.25, 0.3) is 17.2 Å². The Bertz CT molecular complexity index is 1230. The van der Waals surface area contributed by atoms with Gasteiger partial charge in [0, 0.05) is 11.6 Å². The average Bonchev–Trinajstić information content (AvgIpc) is 3.30. The lowest BCUT2D eigenvalue weighted by molar-refractivity contribution is -0.144. The van der Waals surface area contributed by atoms with Crippen LogP contribution in [0.1, 0.15) is 28.7 Å². The molecule has 0 bridgehead atoms. The van der Waals surface area contributed by atoms with E-state index >= 15 is 0 Å². The number of rotatable bonds is 4. The van der Waals surface area contributed by atoms with Crippen molar-refractivity contribution in [2.75, 3.05) is 14.2 Å². The van der Waals surface area contributed by atoms with Gasteiger partial charge in [0.05, 0.1) is 14.2 Å². The van der Waals surface area contributed by atoms with Crippen molar-refractivity contribution in [3.8, 4) is 11.5 Å². The monoisotopic (exact) mass is 412 g/mol. The fourth-order valence-corrected chi connectivity index (χ4v) is 3.41. The van der Waals surface area contributed by atoms with E-state index in [-0.39, 0.29) is 22.7 Å². The number of carbonyl (C=O) groups is 2. The van der Waals surface area contributed by atoms with Crippen molar-refractivity contribution >= 4 is 29.2 Å². The van der Waals surface area contributed by atoms with Gasteiger partial charge in [-0.25, -0.2) is 9.59 Å². The lowest BCUT2D eigenvalue weighted by Gasteiger charge is -2.17. The summed E-state index contributed by atoms with van der Waals surface area (Å²) in [6.45, 7) is 0. The number of phenolic OH excluding ortho intramolecular Hbond substituents is 1. The van der Waals surface area contributed by atoms with Gasteiger partial charge >= 0.3 is 17.8 Å². The highest BCUT2D eigenvalue weighted by Gasteiger charge is 2.43. The minimum Gasteiger partial charge on any atom is -0.504 e. The minimum absolute atomic E-state index is 0.124. The molecule has 1 aliphatic heterocycles. The summed E-state index contributed by atoms with van der Waals surface area (Å²) in [6.07, 6.45) is 1.79. The van der Waals surface area contributed by atoms with Gasteiger partial charge in [-0.05, 0) is 41.5 Å². The second kappa shape index (κ2) is 7.43. The first-order chi connectivity index (χ1) is 14.4. The van der Waals surface area contributed by atoms with Gasteiger partial charge in [-0.15, -0.1) is 0 Å². The summed E-state index contributed by atoms with van der Waals surface area (Å²) < 4.78 is 25.3. The zero-order valence-corrected chi connectivity index (χ0v) is 15.9. The molecule has 3 aromatic rings. The van der Waals surface area contributed by atoms with E-state index in [1.807, 2.05) is 0 Å². The maximum absolute atomic E-state index is 12.6. The predicted molar refractivity (Wildman–Crippen MR) is 102 cm³/mol. The van der Waals surface area contributed by atoms with Gasteiger partial charge in [-0.3, -0.25) is 4.79 Å². The van der Waals surface area contributed by atoms with Crippen LogP contribution in [0, 0.1) is 0 Å². The summed E-state index contributed by atoms with van der Waals surface area (Å²) in [5, 5.41) is 10.4. The van der Waals surface area contributed by atoms with Crippen molar-refractivity contribution in [2.45, 2.75) is 12.0 Å².